The van der Waals surface area contributed by atoms with Gasteiger partial charge >= 0.3 is 0 Å². The number of benzene rings is 3. The fourth-order valence-corrected chi connectivity index (χ4v) is 4.73. The lowest BCUT2D eigenvalue weighted by atomic mass is 10.0. The molecular formula is C38H50O2. The van der Waals surface area contributed by atoms with Gasteiger partial charge < -0.3 is 9.47 Å². The third-order valence-corrected chi connectivity index (χ3v) is 7.16. The first-order chi connectivity index (χ1) is 19.8. The van der Waals surface area contributed by atoms with Crippen LogP contribution in [0, 0.1) is 0 Å². The van der Waals surface area contributed by atoms with Gasteiger partial charge in [0.15, 0.2) is 0 Å². The molecule has 0 saturated heterocycles. The van der Waals surface area contributed by atoms with Crippen LogP contribution in [0.1, 0.15) is 113 Å². The van der Waals surface area contributed by atoms with Gasteiger partial charge in [-0.05, 0) is 36.1 Å². The molecule has 3 rings (SSSR count). The fourth-order valence-electron chi connectivity index (χ4n) is 4.73. The van der Waals surface area contributed by atoms with Crippen molar-refractivity contribution in [1.29, 1.82) is 0 Å². The second-order valence-electron chi connectivity index (χ2n) is 10.6. The summed E-state index contributed by atoms with van der Waals surface area (Å²) in [7, 11) is 0. The van der Waals surface area contributed by atoms with Crippen molar-refractivity contribution in [2.45, 2.75) is 90.9 Å². The third-order valence-electron chi connectivity index (χ3n) is 7.16. The molecule has 2 nitrogen and oxygen atoms in total. The van der Waals surface area contributed by atoms with E-state index >= 15 is 0 Å². The third kappa shape index (κ3) is 12.3. The molecular weight excluding hydrogens is 488 g/mol. The molecule has 0 fully saturated rings. The Hall–Kier alpha value is -3.26. The molecule has 0 radical (unpaired) electrons. The summed E-state index contributed by atoms with van der Waals surface area (Å²) < 4.78 is 12.8. The Bertz CT molecular complexity index is 1020. The van der Waals surface area contributed by atoms with Crippen LogP contribution in [-0.4, -0.2) is 13.2 Å². The molecule has 0 heterocycles. The van der Waals surface area contributed by atoms with Crippen molar-refractivity contribution < 1.29 is 9.47 Å². The van der Waals surface area contributed by atoms with Crippen LogP contribution in [0.25, 0.3) is 24.3 Å². The van der Waals surface area contributed by atoms with E-state index in [9.17, 15) is 0 Å². The van der Waals surface area contributed by atoms with Gasteiger partial charge in [-0.2, -0.15) is 0 Å². The van der Waals surface area contributed by atoms with Gasteiger partial charge in [-0.3, -0.25) is 0 Å². The molecule has 0 spiro atoms. The van der Waals surface area contributed by atoms with Gasteiger partial charge in [0, 0.05) is 11.1 Å². The zero-order valence-corrected chi connectivity index (χ0v) is 25.0. The predicted octanol–water partition coefficient (Wildman–Crippen LogP) is 11.5. The van der Waals surface area contributed by atoms with Gasteiger partial charge in [-0.1, -0.05) is 163 Å². The van der Waals surface area contributed by atoms with Crippen molar-refractivity contribution in [3.8, 4) is 11.5 Å². The van der Waals surface area contributed by atoms with E-state index in [0.29, 0.717) is 0 Å². The Labute approximate surface area is 244 Å². The maximum absolute atomic E-state index is 6.42. The number of unbranched alkanes of at least 4 members (excludes halogenated alkanes) is 10. The highest BCUT2D eigenvalue weighted by Gasteiger charge is 2.10. The molecule has 0 saturated carbocycles. The highest BCUT2D eigenvalue weighted by molar-refractivity contribution is 5.78. The lowest BCUT2D eigenvalue weighted by molar-refractivity contribution is 0.295. The second-order valence-corrected chi connectivity index (χ2v) is 10.6. The Kier molecular flexibility index (Phi) is 15.4. The van der Waals surface area contributed by atoms with E-state index in [4.69, 9.17) is 9.47 Å². The first-order valence-corrected chi connectivity index (χ1v) is 15.7. The first kappa shape index (κ1) is 31.3. The summed E-state index contributed by atoms with van der Waals surface area (Å²) in [6, 6.07) is 25.2. The Morgan fingerprint density at radius 2 is 0.825 bits per heavy atom. The summed E-state index contributed by atoms with van der Waals surface area (Å²) in [4.78, 5) is 0. The number of hydrogen-bond donors (Lipinski definition) is 0. The average molecular weight is 539 g/mol. The van der Waals surface area contributed by atoms with Crippen molar-refractivity contribution in [2.24, 2.45) is 0 Å². The smallest absolute Gasteiger partial charge is 0.127 e. The topological polar surface area (TPSA) is 18.5 Å². The summed E-state index contributed by atoms with van der Waals surface area (Å²) in [5.41, 5.74) is 4.47. The maximum atomic E-state index is 6.42. The summed E-state index contributed by atoms with van der Waals surface area (Å²) >= 11 is 0. The molecule has 0 aliphatic carbocycles. The Morgan fingerprint density at radius 3 is 1.23 bits per heavy atom. The van der Waals surface area contributed by atoms with Gasteiger partial charge in [0.2, 0.25) is 0 Å². The monoisotopic (exact) mass is 538 g/mol. The summed E-state index contributed by atoms with van der Waals surface area (Å²) in [6.07, 6.45) is 23.7. The lowest BCUT2D eigenvalue weighted by Gasteiger charge is -2.15. The minimum Gasteiger partial charge on any atom is -0.493 e. The largest absolute Gasteiger partial charge is 0.493 e. The standard InChI is InChI=1S/C38H50O2/c1-3-5-7-9-11-19-29-39-37-31-36(28-26-34-23-17-14-18-24-34)38(40-30-20-12-10-8-6-4-2)32-35(37)27-25-33-21-15-13-16-22-33/h13-18,21-28,31-32H,3-12,19-20,29-30H2,1-2H3. The van der Waals surface area contributed by atoms with Crippen molar-refractivity contribution in [1.82, 2.24) is 0 Å². The van der Waals surface area contributed by atoms with E-state index in [0.717, 1.165) is 48.7 Å². The quantitative estimate of drug-likeness (QED) is 0.105. The summed E-state index contributed by atoms with van der Waals surface area (Å²) in [6.45, 7) is 5.99. The van der Waals surface area contributed by atoms with Crippen LogP contribution >= 0.6 is 0 Å². The van der Waals surface area contributed by atoms with Gasteiger partial charge in [0.1, 0.15) is 11.5 Å². The van der Waals surface area contributed by atoms with E-state index in [-0.39, 0.29) is 0 Å². The average Bonchev–Trinajstić information content (AvgIpc) is 3.00. The number of ether oxygens (including phenoxy) is 2. The molecule has 0 amide bonds. The molecule has 0 aliphatic heterocycles. The minimum absolute atomic E-state index is 0.734. The minimum atomic E-state index is 0.734. The van der Waals surface area contributed by atoms with Crippen molar-refractivity contribution in [3.05, 3.63) is 95.1 Å². The van der Waals surface area contributed by atoms with Crippen molar-refractivity contribution in [3.63, 3.8) is 0 Å². The molecule has 40 heavy (non-hydrogen) atoms. The highest BCUT2D eigenvalue weighted by atomic mass is 16.5. The van der Waals surface area contributed by atoms with Crippen LogP contribution in [-0.2, 0) is 0 Å². The van der Waals surface area contributed by atoms with E-state index < -0.39 is 0 Å². The normalized spacial score (nSPS) is 11.4. The molecule has 0 atom stereocenters. The van der Waals surface area contributed by atoms with Crippen molar-refractivity contribution in [2.75, 3.05) is 13.2 Å². The van der Waals surface area contributed by atoms with Crippen LogP contribution in [0.4, 0.5) is 0 Å². The molecule has 0 aliphatic rings. The van der Waals surface area contributed by atoms with Crippen LogP contribution in [0.5, 0.6) is 11.5 Å². The molecule has 0 bridgehead atoms. The number of hydrogen-bond acceptors (Lipinski definition) is 2. The summed E-state index contributed by atoms with van der Waals surface area (Å²) in [5, 5.41) is 0. The van der Waals surface area contributed by atoms with E-state index in [1.165, 1.54) is 75.3 Å². The van der Waals surface area contributed by atoms with Crippen LogP contribution in [0.15, 0.2) is 72.8 Å². The van der Waals surface area contributed by atoms with Crippen LogP contribution < -0.4 is 9.47 Å². The second kappa shape index (κ2) is 19.7. The van der Waals surface area contributed by atoms with Gasteiger partial charge in [0.05, 0.1) is 13.2 Å². The number of rotatable bonds is 20. The SMILES string of the molecule is CCCCCCCCOc1cc(C=Cc2ccccc2)c(OCCCCCCCC)cc1C=Cc1ccccc1. The molecule has 3 aromatic carbocycles. The summed E-state index contributed by atoms with van der Waals surface area (Å²) in [5.74, 6) is 1.83. The molecule has 0 unspecified atom stereocenters. The van der Waals surface area contributed by atoms with Gasteiger partial charge in [-0.15, -0.1) is 0 Å². The van der Waals surface area contributed by atoms with Crippen LogP contribution in [0.2, 0.25) is 0 Å². The first-order valence-electron chi connectivity index (χ1n) is 15.7. The molecule has 0 N–H and O–H groups in total. The Morgan fingerprint density at radius 1 is 0.450 bits per heavy atom. The molecule has 2 heteroatoms. The fraction of sp³-hybridized carbons (Fsp3) is 0.421. The highest BCUT2D eigenvalue weighted by Crippen LogP contribution is 2.33. The van der Waals surface area contributed by atoms with Crippen LogP contribution in [0.3, 0.4) is 0 Å². The maximum Gasteiger partial charge on any atom is 0.127 e. The molecule has 214 valence electrons. The van der Waals surface area contributed by atoms with Crippen molar-refractivity contribution >= 4 is 24.3 Å². The van der Waals surface area contributed by atoms with E-state index in [1.807, 2.05) is 0 Å². The molecule has 0 aromatic heterocycles. The Balaban J connectivity index is 1.80. The van der Waals surface area contributed by atoms with E-state index in [2.05, 4.69) is 111 Å². The zero-order chi connectivity index (χ0) is 28.1. The van der Waals surface area contributed by atoms with Gasteiger partial charge in [-0.25, -0.2) is 0 Å². The molecule has 3 aromatic rings. The predicted molar refractivity (Wildman–Crippen MR) is 175 cm³/mol. The van der Waals surface area contributed by atoms with E-state index in [1.54, 1.807) is 0 Å². The zero-order valence-electron chi connectivity index (χ0n) is 25.0. The van der Waals surface area contributed by atoms with Gasteiger partial charge in [0.25, 0.3) is 0 Å². The lowest BCUT2D eigenvalue weighted by Crippen LogP contribution is -2.03.